The van der Waals surface area contributed by atoms with Crippen LogP contribution >= 0.6 is 0 Å². The van der Waals surface area contributed by atoms with Crippen molar-refractivity contribution in [1.82, 2.24) is 29.0 Å². The van der Waals surface area contributed by atoms with Crippen molar-refractivity contribution in [2.45, 2.75) is 13.5 Å². The molecule has 0 radical (unpaired) electrons. The second-order valence-electron chi connectivity index (χ2n) is 5.00. The van der Waals surface area contributed by atoms with Crippen LogP contribution in [0.1, 0.15) is 5.69 Å². The number of hydrogen-bond acceptors (Lipinski definition) is 7. The summed E-state index contributed by atoms with van der Waals surface area (Å²) in [7, 11) is 2.87. The Kier molecular flexibility index (Phi) is 3.32. The second-order valence-corrected chi connectivity index (χ2v) is 5.00. The molecule has 0 saturated carbocycles. The fourth-order valence-electron chi connectivity index (χ4n) is 2.19. The van der Waals surface area contributed by atoms with Gasteiger partial charge >= 0.3 is 5.69 Å². The molecule has 3 rings (SSSR count). The van der Waals surface area contributed by atoms with Gasteiger partial charge in [0.05, 0.1) is 6.33 Å². The van der Waals surface area contributed by atoms with Crippen LogP contribution < -0.4 is 16.6 Å². The Hall–Kier alpha value is -3.24. The highest BCUT2D eigenvalue weighted by Gasteiger charge is 2.17. The standard InChI is InChI=1S/C12H13N7O4/c1-6-9(16-23-15-6)14-7(20)4-19-5-13-10-8(19)11(21)18(3)12(22)17(10)2/h5H,4H2,1-3H3,(H,14,16,20). The van der Waals surface area contributed by atoms with Crippen molar-refractivity contribution < 1.29 is 9.42 Å². The van der Waals surface area contributed by atoms with Crippen LogP contribution in [0.4, 0.5) is 5.82 Å². The van der Waals surface area contributed by atoms with Crippen LogP contribution in [-0.4, -0.2) is 34.9 Å². The average Bonchev–Trinajstić information content (AvgIpc) is 3.10. The molecule has 3 heterocycles. The van der Waals surface area contributed by atoms with E-state index in [0.29, 0.717) is 5.69 Å². The summed E-state index contributed by atoms with van der Waals surface area (Å²) in [5, 5.41) is 9.62. The Morgan fingerprint density at radius 2 is 2.00 bits per heavy atom. The Morgan fingerprint density at radius 1 is 1.26 bits per heavy atom. The monoisotopic (exact) mass is 319 g/mol. The lowest BCUT2D eigenvalue weighted by molar-refractivity contribution is -0.116. The SMILES string of the molecule is Cc1nonc1NC(=O)Cn1cnc2c1c(=O)n(C)c(=O)n2C. The van der Waals surface area contributed by atoms with Crippen LogP contribution in [0.25, 0.3) is 11.2 Å². The van der Waals surface area contributed by atoms with Crippen molar-refractivity contribution in [1.29, 1.82) is 0 Å². The summed E-state index contributed by atoms with van der Waals surface area (Å²) in [5.74, 6) is -0.223. The minimum absolute atomic E-state index is 0.166. The predicted octanol–water partition coefficient (Wildman–Crippen LogP) is -1.24. The number of nitrogens with one attached hydrogen (secondary N) is 1. The van der Waals surface area contributed by atoms with Crippen LogP contribution in [0.2, 0.25) is 0 Å². The van der Waals surface area contributed by atoms with Gasteiger partial charge in [-0.1, -0.05) is 5.16 Å². The maximum absolute atomic E-state index is 12.3. The van der Waals surface area contributed by atoms with Gasteiger partial charge in [0.25, 0.3) is 5.56 Å². The summed E-state index contributed by atoms with van der Waals surface area (Å²) in [6.45, 7) is 1.46. The van der Waals surface area contributed by atoms with E-state index in [1.165, 1.54) is 29.6 Å². The van der Waals surface area contributed by atoms with Crippen LogP contribution in [0.5, 0.6) is 0 Å². The average molecular weight is 319 g/mol. The van der Waals surface area contributed by atoms with Gasteiger partial charge in [-0.05, 0) is 12.1 Å². The highest BCUT2D eigenvalue weighted by Crippen LogP contribution is 2.09. The lowest BCUT2D eigenvalue weighted by Crippen LogP contribution is -2.37. The molecule has 0 fully saturated rings. The minimum Gasteiger partial charge on any atom is -0.315 e. The van der Waals surface area contributed by atoms with Crippen molar-refractivity contribution in [3.05, 3.63) is 32.9 Å². The quantitative estimate of drug-likeness (QED) is 0.639. The number of anilines is 1. The smallest absolute Gasteiger partial charge is 0.315 e. The number of hydrogen-bond donors (Lipinski definition) is 1. The maximum Gasteiger partial charge on any atom is 0.332 e. The molecule has 1 amide bonds. The van der Waals surface area contributed by atoms with Crippen LogP contribution in [0, 0.1) is 6.92 Å². The number of amides is 1. The van der Waals surface area contributed by atoms with Crippen LogP contribution in [-0.2, 0) is 25.4 Å². The minimum atomic E-state index is -0.521. The van der Waals surface area contributed by atoms with E-state index >= 15 is 0 Å². The van der Waals surface area contributed by atoms with Gasteiger partial charge < -0.3 is 9.88 Å². The van der Waals surface area contributed by atoms with Crippen molar-refractivity contribution in [2.24, 2.45) is 14.1 Å². The Labute approximate surface area is 128 Å². The molecular formula is C12H13N7O4. The number of imidazole rings is 1. The normalized spacial score (nSPS) is 11.1. The Balaban J connectivity index is 1.98. The fraction of sp³-hybridized carbons (Fsp3) is 0.333. The van der Waals surface area contributed by atoms with Gasteiger partial charge in [0, 0.05) is 14.1 Å². The predicted molar refractivity (Wildman–Crippen MR) is 77.9 cm³/mol. The third kappa shape index (κ3) is 2.31. The Morgan fingerprint density at radius 3 is 2.65 bits per heavy atom. The van der Waals surface area contributed by atoms with E-state index in [4.69, 9.17) is 0 Å². The molecule has 11 nitrogen and oxygen atoms in total. The van der Waals surface area contributed by atoms with E-state index in [1.807, 2.05) is 0 Å². The van der Waals surface area contributed by atoms with E-state index in [2.05, 4.69) is 25.2 Å². The summed E-state index contributed by atoms with van der Waals surface area (Å²) in [6.07, 6.45) is 1.33. The molecule has 1 N–H and O–H groups in total. The molecule has 0 aliphatic rings. The third-order valence-electron chi connectivity index (χ3n) is 3.44. The molecule has 3 aromatic heterocycles. The molecule has 0 unspecified atom stereocenters. The summed E-state index contributed by atoms with van der Waals surface area (Å²) >= 11 is 0. The number of fused-ring (bicyclic) bond motifs is 1. The number of carbonyl (C=O) groups excluding carboxylic acids is 1. The number of aryl methyl sites for hydroxylation is 2. The lowest BCUT2D eigenvalue weighted by atomic mass is 10.4. The number of rotatable bonds is 3. The van der Waals surface area contributed by atoms with E-state index in [-0.39, 0.29) is 23.5 Å². The molecule has 0 aliphatic carbocycles. The number of aromatic nitrogens is 6. The first kappa shape index (κ1) is 14.7. The largest absolute Gasteiger partial charge is 0.332 e. The van der Waals surface area contributed by atoms with Gasteiger partial charge in [-0.3, -0.25) is 18.7 Å². The zero-order valence-corrected chi connectivity index (χ0v) is 12.6. The summed E-state index contributed by atoms with van der Waals surface area (Å²) in [4.78, 5) is 40.2. The molecule has 0 bridgehead atoms. The van der Waals surface area contributed by atoms with Crippen molar-refractivity contribution >= 4 is 22.9 Å². The molecule has 0 atom stereocenters. The molecule has 0 aliphatic heterocycles. The van der Waals surface area contributed by atoms with Gasteiger partial charge in [0.2, 0.25) is 5.91 Å². The highest BCUT2D eigenvalue weighted by molar-refractivity contribution is 5.90. The second kappa shape index (κ2) is 5.19. The molecule has 23 heavy (non-hydrogen) atoms. The molecule has 120 valence electrons. The van der Waals surface area contributed by atoms with E-state index in [9.17, 15) is 14.4 Å². The van der Waals surface area contributed by atoms with Gasteiger partial charge in [-0.2, -0.15) is 0 Å². The molecule has 11 heteroatoms. The summed E-state index contributed by atoms with van der Waals surface area (Å²) < 4.78 is 8.07. The molecule has 0 spiro atoms. The molecule has 3 aromatic rings. The van der Waals surface area contributed by atoms with Gasteiger partial charge in [0.1, 0.15) is 12.2 Å². The number of nitrogens with zero attached hydrogens (tertiary/aromatic N) is 6. The first-order chi connectivity index (χ1) is 10.9. The first-order valence-electron chi connectivity index (χ1n) is 6.60. The van der Waals surface area contributed by atoms with E-state index in [1.54, 1.807) is 6.92 Å². The number of carbonyl (C=O) groups is 1. The van der Waals surface area contributed by atoms with Crippen molar-refractivity contribution in [2.75, 3.05) is 5.32 Å². The lowest BCUT2D eigenvalue weighted by Gasteiger charge is -2.06. The van der Waals surface area contributed by atoms with E-state index < -0.39 is 17.2 Å². The zero-order valence-electron chi connectivity index (χ0n) is 12.6. The Bertz CT molecular complexity index is 1020. The summed E-state index contributed by atoms with van der Waals surface area (Å²) in [5.41, 5.74) is -0.189. The molecule has 0 aromatic carbocycles. The highest BCUT2D eigenvalue weighted by atomic mass is 16.6. The molecular weight excluding hydrogens is 306 g/mol. The van der Waals surface area contributed by atoms with Gasteiger partial charge in [-0.15, -0.1) is 0 Å². The van der Waals surface area contributed by atoms with E-state index in [0.717, 1.165) is 4.57 Å². The van der Waals surface area contributed by atoms with Crippen molar-refractivity contribution in [3.8, 4) is 0 Å². The van der Waals surface area contributed by atoms with Crippen molar-refractivity contribution in [3.63, 3.8) is 0 Å². The third-order valence-corrected chi connectivity index (χ3v) is 3.44. The molecule has 0 saturated heterocycles. The fourth-order valence-corrected chi connectivity index (χ4v) is 2.19. The summed E-state index contributed by atoms with van der Waals surface area (Å²) in [6, 6.07) is 0. The van der Waals surface area contributed by atoms with Crippen LogP contribution in [0.15, 0.2) is 20.5 Å². The van der Waals surface area contributed by atoms with Gasteiger partial charge in [-0.25, -0.2) is 14.4 Å². The van der Waals surface area contributed by atoms with Crippen LogP contribution in [0.3, 0.4) is 0 Å². The zero-order chi connectivity index (χ0) is 16.7. The maximum atomic E-state index is 12.3. The van der Waals surface area contributed by atoms with Gasteiger partial charge in [0.15, 0.2) is 17.0 Å². The topological polar surface area (TPSA) is 130 Å². The first-order valence-corrected chi connectivity index (χ1v) is 6.60.